The van der Waals surface area contributed by atoms with Crippen LogP contribution in [-0.2, 0) is 13.6 Å². The van der Waals surface area contributed by atoms with E-state index in [0.717, 1.165) is 4.57 Å². The van der Waals surface area contributed by atoms with E-state index in [2.05, 4.69) is 5.10 Å². The van der Waals surface area contributed by atoms with Gasteiger partial charge in [0.2, 0.25) is 11.7 Å². The molecule has 40 heavy (non-hydrogen) atoms. The quantitative estimate of drug-likeness (QED) is 0.288. The van der Waals surface area contributed by atoms with E-state index < -0.39 is 23.1 Å². The van der Waals surface area contributed by atoms with Gasteiger partial charge in [-0.2, -0.15) is 5.10 Å². The Bertz CT molecular complexity index is 1750. The van der Waals surface area contributed by atoms with Crippen molar-refractivity contribution in [3.63, 3.8) is 0 Å². The van der Waals surface area contributed by atoms with Gasteiger partial charge in [0.1, 0.15) is 5.56 Å². The topological polar surface area (TPSA) is 108 Å². The minimum Gasteiger partial charge on any atom is -0.391 e. The second-order valence-corrected chi connectivity index (χ2v) is 9.89. The van der Waals surface area contributed by atoms with E-state index in [1.807, 2.05) is 20.8 Å². The van der Waals surface area contributed by atoms with Gasteiger partial charge in [-0.3, -0.25) is 14.2 Å². The Morgan fingerprint density at radius 3 is 2.38 bits per heavy atom. The molecule has 1 amide bonds. The van der Waals surface area contributed by atoms with Gasteiger partial charge in [0.25, 0.3) is 5.56 Å². The van der Waals surface area contributed by atoms with E-state index in [-0.39, 0.29) is 22.4 Å². The Balaban J connectivity index is 1.93. The average molecular weight is 566 g/mol. The molecule has 0 fully saturated rings. The zero-order valence-electron chi connectivity index (χ0n) is 23.4. The molecule has 2 heterocycles. The largest absolute Gasteiger partial charge is 0.416 e. The number of halogens is 1. The molecule has 10 nitrogen and oxygen atoms in total. The first-order valence-corrected chi connectivity index (χ1v) is 13.5. The van der Waals surface area contributed by atoms with Crippen molar-refractivity contribution in [3.05, 3.63) is 84.6 Å². The van der Waals surface area contributed by atoms with Crippen molar-refractivity contribution < 1.29 is 14.3 Å². The number of ketones is 1. The highest BCUT2D eigenvalue weighted by Gasteiger charge is 2.29. The first-order valence-electron chi connectivity index (χ1n) is 13.2. The predicted octanol–water partition coefficient (Wildman–Crippen LogP) is 4.64. The zero-order valence-corrected chi connectivity index (χ0v) is 24.2. The van der Waals surface area contributed by atoms with Crippen LogP contribution in [0.1, 0.15) is 54.4 Å². The maximum Gasteiger partial charge on any atom is 0.416 e. The third-order valence-electron chi connectivity index (χ3n) is 6.96. The summed E-state index contributed by atoms with van der Waals surface area (Å²) in [6.07, 6.45) is 0.127. The van der Waals surface area contributed by atoms with E-state index >= 15 is 0 Å². The standard InChI is InChI=1S/C29H32ClN5O5/c1-7-15-34-27(40-29(39)33(8-2)9-3)24(18(5)31-34)25(36)21-13-14-22-23(17(21)4)26(37)35(28(38)32(22)6)20-12-10-11-19(30)16-20/h10-14,16H,7-9,15H2,1-6H3. The SMILES string of the molecule is CCCn1nc(C)c(C(=O)c2ccc3c(c2C)c(=O)n(-c2cccc(Cl)c2)c(=O)n3C)c1OC(=O)N(CC)CC. The molecule has 4 rings (SSSR count). The fourth-order valence-electron chi connectivity index (χ4n) is 4.84. The fraction of sp³-hybridized carbons (Fsp3) is 0.345. The molecule has 0 N–H and O–H groups in total. The second-order valence-electron chi connectivity index (χ2n) is 9.45. The van der Waals surface area contributed by atoms with Crippen LogP contribution in [0.15, 0.2) is 46.0 Å². The first kappa shape index (κ1) is 28.8. The predicted molar refractivity (Wildman–Crippen MR) is 154 cm³/mol. The van der Waals surface area contributed by atoms with Gasteiger partial charge in [0.15, 0.2) is 0 Å². The number of aromatic nitrogens is 4. The van der Waals surface area contributed by atoms with Crippen LogP contribution in [0, 0.1) is 13.8 Å². The smallest absolute Gasteiger partial charge is 0.391 e. The van der Waals surface area contributed by atoms with Crippen molar-refractivity contribution in [2.45, 2.75) is 47.6 Å². The van der Waals surface area contributed by atoms with Gasteiger partial charge < -0.3 is 9.64 Å². The van der Waals surface area contributed by atoms with Crippen molar-refractivity contribution in [3.8, 4) is 11.6 Å². The molecule has 0 radical (unpaired) electrons. The third-order valence-corrected chi connectivity index (χ3v) is 7.19. The molecule has 0 aliphatic carbocycles. The van der Waals surface area contributed by atoms with Crippen LogP contribution in [0.25, 0.3) is 16.6 Å². The molecule has 210 valence electrons. The fourth-order valence-corrected chi connectivity index (χ4v) is 5.02. The monoisotopic (exact) mass is 565 g/mol. The van der Waals surface area contributed by atoms with Gasteiger partial charge in [-0.15, -0.1) is 0 Å². The summed E-state index contributed by atoms with van der Waals surface area (Å²) in [4.78, 5) is 55.4. The number of hydrogen-bond acceptors (Lipinski definition) is 6. The van der Waals surface area contributed by atoms with E-state index in [4.69, 9.17) is 16.3 Å². The zero-order chi connectivity index (χ0) is 29.3. The Hall–Kier alpha value is -4.18. The lowest BCUT2D eigenvalue weighted by molar-refractivity contribution is 0.103. The molecule has 0 unspecified atom stereocenters. The molecule has 0 aliphatic rings. The molecule has 11 heteroatoms. The molecule has 0 spiro atoms. The van der Waals surface area contributed by atoms with Gasteiger partial charge in [0.05, 0.1) is 22.3 Å². The first-order chi connectivity index (χ1) is 19.0. The average Bonchev–Trinajstić information content (AvgIpc) is 3.21. The van der Waals surface area contributed by atoms with Gasteiger partial charge in [-0.25, -0.2) is 18.8 Å². The lowest BCUT2D eigenvalue weighted by Gasteiger charge is -2.19. The number of amides is 1. The summed E-state index contributed by atoms with van der Waals surface area (Å²) in [7, 11) is 1.57. The number of rotatable bonds is 8. The molecule has 2 aromatic carbocycles. The normalized spacial score (nSPS) is 11.2. The van der Waals surface area contributed by atoms with Crippen molar-refractivity contribution in [2.75, 3.05) is 13.1 Å². The molecular formula is C29H32ClN5O5. The Morgan fingerprint density at radius 2 is 1.75 bits per heavy atom. The van der Waals surface area contributed by atoms with Gasteiger partial charge in [-0.05, 0) is 70.0 Å². The van der Waals surface area contributed by atoms with Crippen LogP contribution in [0.5, 0.6) is 5.88 Å². The summed E-state index contributed by atoms with van der Waals surface area (Å²) in [5, 5.41) is 5.07. The summed E-state index contributed by atoms with van der Waals surface area (Å²) >= 11 is 6.14. The second kappa shape index (κ2) is 11.5. The highest BCUT2D eigenvalue weighted by atomic mass is 35.5. The minimum absolute atomic E-state index is 0.0672. The van der Waals surface area contributed by atoms with Crippen LogP contribution in [0.3, 0.4) is 0 Å². The molecular weight excluding hydrogens is 534 g/mol. The van der Waals surface area contributed by atoms with Gasteiger partial charge in [0, 0.05) is 37.3 Å². The number of benzene rings is 2. The number of aryl methyl sites for hydroxylation is 4. The molecule has 0 bridgehead atoms. The number of fused-ring (bicyclic) bond motifs is 1. The van der Waals surface area contributed by atoms with Crippen LogP contribution in [-0.4, -0.2) is 48.8 Å². The highest BCUT2D eigenvalue weighted by molar-refractivity contribution is 6.30. The molecule has 0 saturated heterocycles. The number of carbonyl (C=O) groups is 2. The molecule has 0 atom stereocenters. The molecule has 4 aromatic rings. The molecule has 0 aliphatic heterocycles. The van der Waals surface area contributed by atoms with Crippen LogP contribution in [0.2, 0.25) is 5.02 Å². The van der Waals surface area contributed by atoms with E-state index in [1.54, 1.807) is 51.2 Å². The maximum absolute atomic E-state index is 14.1. The highest BCUT2D eigenvalue weighted by Crippen LogP contribution is 2.29. The van der Waals surface area contributed by atoms with E-state index in [9.17, 15) is 19.2 Å². The summed E-state index contributed by atoms with van der Waals surface area (Å²) in [5.74, 6) is -0.373. The minimum atomic E-state index is -0.578. The summed E-state index contributed by atoms with van der Waals surface area (Å²) in [6.45, 7) is 10.3. The van der Waals surface area contributed by atoms with Crippen molar-refractivity contribution in [2.24, 2.45) is 7.05 Å². The van der Waals surface area contributed by atoms with Crippen molar-refractivity contribution >= 4 is 34.4 Å². The van der Waals surface area contributed by atoms with Crippen LogP contribution >= 0.6 is 11.6 Å². The number of nitrogens with zero attached hydrogens (tertiary/aromatic N) is 5. The lowest BCUT2D eigenvalue weighted by Crippen LogP contribution is -2.38. The number of carbonyl (C=O) groups excluding carboxylic acids is 2. The summed E-state index contributed by atoms with van der Waals surface area (Å²) < 4.78 is 9.68. The number of hydrogen-bond donors (Lipinski definition) is 0. The van der Waals surface area contributed by atoms with E-state index in [0.29, 0.717) is 53.5 Å². The lowest BCUT2D eigenvalue weighted by atomic mass is 9.96. The summed E-state index contributed by atoms with van der Waals surface area (Å²) in [6, 6.07) is 9.60. The van der Waals surface area contributed by atoms with Crippen LogP contribution < -0.4 is 16.0 Å². The van der Waals surface area contributed by atoms with E-state index in [1.165, 1.54) is 20.2 Å². The Morgan fingerprint density at radius 1 is 1.05 bits per heavy atom. The molecule has 2 aromatic heterocycles. The van der Waals surface area contributed by atoms with Gasteiger partial charge in [-0.1, -0.05) is 24.6 Å². The molecule has 0 saturated carbocycles. The summed E-state index contributed by atoms with van der Waals surface area (Å²) in [5.41, 5.74) is 0.767. The maximum atomic E-state index is 14.1. The third kappa shape index (κ3) is 4.95. The Labute approximate surface area is 236 Å². The van der Waals surface area contributed by atoms with Gasteiger partial charge >= 0.3 is 11.8 Å². The van der Waals surface area contributed by atoms with Crippen molar-refractivity contribution in [1.29, 1.82) is 0 Å². The van der Waals surface area contributed by atoms with Crippen molar-refractivity contribution in [1.82, 2.24) is 23.8 Å². The number of ether oxygens (including phenoxy) is 1. The Kier molecular flexibility index (Phi) is 8.29. The van der Waals surface area contributed by atoms with Crippen LogP contribution in [0.4, 0.5) is 4.79 Å².